The largest absolute Gasteiger partial charge is 0.497 e. The molecule has 1 atom stereocenters. The van der Waals surface area contributed by atoms with Crippen molar-refractivity contribution in [3.8, 4) is 22.1 Å². The summed E-state index contributed by atoms with van der Waals surface area (Å²) in [6.45, 7) is 3.82. The molecule has 1 fully saturated rings. The van der Waals surface area contributed by atoms with Crippen LogP contribution in [0.25, 0.3) is 21.5 Å². The van der Waals surface area contributed by atoms with Crippen LogP contribution in [0.15, 0.2) is 60.0 Å². The number of ether oxygens (including phenoxy) is 3. The van der Waals surface area contributed by atoms with Gasteiger partial charge in [-0.2, -0.15) is 0 Å². The predicted octanol–water partition coefficient (Wildman–Crippen LogP) is 6.04. The second kappa shape index (κ2) is 11.3. The van der Waals surface area contributed by atoms with Gasteiger partial charge in [0.1, 0.15) is 11.5 Å². The van der Waals surface area contributed by atoms with Gasteiger partial charge in [0.15, 0.2) is 0 Å². The van der Waals surface area contributed by atoms with Gasteiger partial charge >= 0.3 is 0 Å². The number of hydrogen-bond acceptors (Lipinski definition) is 6. The lowest BCUT2D eigenvalue weighted by Gasteiger charge is -2.27. The van der Waals surface area contributed by atoms with E-state index in [1.165, 1.54) is 5.56 Å². The minimum Gasteiger partial charge on any atom is -0.497 e. The van der Waals surface area contributed by atoms with Crippen LogP contribution in [-0.2, 0) is 22.5 Å². The van der Waals surface area contributed by atoms with Crippen molar-refractivity contribution in [1.29, 1.82) is 0 Å². The Kier molecular flexibility index (Phi) is 7.72. The second-order valence-electron chi connectivity index (χ2n) is 9.43. The van der Waals surface area contributed by atoms with Gasteiger partial charge in [-0.3, -0.25) is 4.79 Å². The maximum atomic E-state index is 13.8. The topological polar surface area (TPSA) is 60.9 Å². The number of aryl methyl sites for hydroxylation is 1. The van der Waals surface area contributed by atoms with Gasteiger partial charge in [0.25, 0.3) is 0 Å². The first-order valence-corrected chi connectivity index (χ1v) is 13.5. The fraction of sp³-hybridized carbons (Fsp3) is 0.333. The van der Waals surface area contributed by atoms with Crippen LogP contribution in [0.1, 0.15) is 29.5 Å². The van der Waals surface area contributed by atoms with Crippen molar-refractivity contribution >= 4 is 28.1 Å². The molecule has 1 amide bonds. The van der Waals surface area contributed by atoms with Crippen molar-refractivity contribution < 1.29 is 19.0 Å². The highest BCUT2D eigenvalue weighted by molar-refractivity contribution is 7.13. The van der Waals surface area contributed by atoms with Crippen LogP contribution < -0.4 is 9.47 Å². The normalized spacial score (nSPS) is 15.2. The second-order valence-corrected chi connectivity index (χ2v) is 10.4. The number of amides is 1. The van der Waals surface area contributed by atoms with E-state index in [4.69, 9.17) is 19.2 Å². The Hall–Kier alpha value is -3.42. The van der Waals surface area contributed by atoms with E-state index in [9.17, 15) is 4.79 Å². The molecule has 0 bridgehead atoms. The Labute approximate surface area is 221 Å². The fourth-order valence-corrected chi connectivity index (χ4v) is 5.61. The van der Waals surface area contributed by atoms with Crippen molar-refractivity contribution in [3.05, 3.63) is 76.7 Å². The maximum Gasteiger partial charge on any atom is 0.227 e. The van der Waals surface area contributed by atoms with E-state index >= 15 is 0 Å². The summed E-state index contributed by atoms with van der Waals surface area (Å²) in [6, 6.07) is 18.2. The number of thiophene rings is 1. The fourth-order valence-electron chi connectivity index (χ4n) is 4.86. The molecular weight excluding hydrogens is 484 g/mol. The molecule has 0 unspecified atom stereocenters. The number of pyridine rings is 1. The minimum atomic E-state index is 0.0168. The van der Waals surface area contributed by atoms with Crippen LogP contribution in [0.4, 0.5) is 0 Å². The Morgan fingerprint density at radius 1 is 1.11 bits per heavy atom. The highest BCUT2D eigenvalue weighted by Crippen LogP contribution is 2.31. The van der Waals surface area contributed by atoms with Crippen LogP contribution in [0.3, 0.4) is 0 Å². The molecular formula is C30H32N2O4S. The number of rotatable bonds is 9. The van der Waals surface area contributed by atoms with Gasteiger partial charge in [-0.05, 0) is 72.7 Å². The van der Waals surface area contributed by atoms with Gasteiger partial charge in [-0.1, -0.05) is 18.2 Å². The summed E-state index contributed by atoms with van der Waals surface area (Å²) in [5.41, 5.74) is 4.90. The molecule has 0 spiro atoms. The Morgan fingerprint density at radius 2 is 2.00 bits per heavy atom. The van der Waals surface area contributed by atoms with E-state index in [-0.39, 0.29) is 18.4 Å². The first-order valence-electron chi connectivity index (χ1n) is 12.6. The van der Waals surface area contributed by atoms with E-state index in [2.05, 4.69) is 42.6 Å². The molecule has 1 saturated heterocycles. The third-order valence-electron chi connectivity index (χ3n) is 6.80. The van der Waals surface area contributed by atoms with Crippen LogP contribution in [-0.4, -0.2) is 49.3 Å². The van der Waals surface area contributed by atoms with Crippen LogP contribution >= 0.6 is 11.3 Å². The third kappa shape index (κ3) is 5.78. The average molecular weight is 517 g/mol. The molecule has 0 N–H and O–H groups in total. The lowest BCUT2D eigenvalue weighted by atomic mass is 10.0. The highest BCUT2D eigenvalue weighted by atomic mass is 32.1. The van der Waals surface area contributed by atoms with Crippen LogP contribution in [0.2, 0.25) is 0 Å². The SMILES string of the molecule is COc1ccc(OC)c(CC(=O)N(Cc2cc3ccc(C)cc3nc2-c2cccs2)C[C@H]2CCCO2)c1. The first kappa shape index (κ1) is 25.2. The van der Waals surface area contributed by atoms with Crippen molar-refractivity contribution in [2.45, 2.75) is 38.8 Å². The van der Waals surface area contributed by atoms with Crippen LogP contribution in [0.5, 0.6) is 11.5 Å². The molecule has 1 aliphatic heterocycles. The first-order chi connectivity index (χ1) is 18.0. The Bertz CT molecular complexity index is 1380. The lowest BCUT2D eigenvalue weighted by molar-refractivity contribution is -0.132. The number of aromatic nitrogens is 1. The molecule has 4 aromatic rings. The Balaban J connectivity index is 1.51. The van der Waals surface area contributed by atoms with Crippen molar-refractivity contribution in [2.75, 3.05) is 27.4 Å². The molecule has 0 radical (unpaired) electrons. The van der Waals surface area contributed by atoms with Crippen molar-refractivity contribution in [1.82, 2.24) is 9.88 Å². The van der Waals surface area contributed by atoms with E-state index in [1.807, 2.05) is 29.2 Å². The van der Waals surface area contributed by atoms with E-state index in [1.54, 1.807) is 25.6 Å². The Morgan fingerprint density at radius 3 is 2.73 bits per heavy atom. The summed E-state index contributed by atoms with van der Waals surface area (Å²) in [5.74, 6) is 1.39. The maximum absolute atomic E-state index is 13.8. The van der Waals surface area contributed by atoms with E-state index in [0.29, 0.717) is 24.6 Å². The zero-order valence-corrected chi connectivity index (χ0v) is 22.3. The molecule has 0 aliphatic carbocycles. The summed E-state index contributed by atoms with van der Waals surface area (Å²) >= 11 is 1.66. The monoisotopic (exact) mass is 516 g/mol. The van der Waals surface area contributed by atoms with Crippen molar-refractivity contribution in [2.24, 2.45) is 0 Å². The zero-order valence-electron chi connectivity index (χ0n) is 21.5. The molecule has 3 heterocycles. The summed E-state index contributed by atoms with van der Waals surface area (Å²) in [4.78, 5) is 21.9. The molecule has 0 saturated carbocycles. The quantitative estimate of drug-likeness (QED) is 0.271. The molecule has 192 valence electrons. The molecule has 37 heavy (non-hydrogen) atoms. The number of carbonyl (C=O) groups is 1. The number of methoxy groups -OCH3 is 2. The molecule has 2 aromatic heterocycles. The molecule has 5 rings (SSSR count). The van der Waals surface area contributed by atoms with Gasteiger partial charge in [0.05, 0.1) is 42.8 Å². The summed E-state index contributed by atoms with van der Waals surface area (Å²) in [7, 11) is 3.24. The van der Waals surface area contributed by atoms with Crippen molar-refractivity contribution in [3.63, 3.8) is 0 Å². The lowest BCUT2D eigenvalue weighted by Crippen LogP contribution is -2.38. The molecule has 2 aromatic carbocycles. The van der Waals surface area contributed by atoms with Gasteiger partial charge in [-0.25, -0.2) is 4.98 Å². The highest BCUT2D eigenvalue weighted by Gasteiger charge is 2.25. The molecule has 7 heteroatoms. The van der Waals surface area contributed by atoms with Crippen LogP contribution in [0, 0.1) is 6.92 Å². The number of hydrogen-bond donors (Lipinski definition) is 0. The van der Waals surface area contributed by atoms with E-state index in [0.717, 1.165) is 52.0 Å². The predicted molar refractivity (Wildman–Crippen MR) is 147 cm³/mol. The molecule has 1 aliphatic rings. The third-order valence-corrected chi connectivity index (χ3v) is 7.67. The molecule has 6 nitrogen and oxygen atoms in total. The van der Waals surface area contributed by atoms with E-state index < -0.39 is 0 Å². The zero-order chi connectivity index (χ0) is 25.8. The number of fused-ring (bicyclic) bond motifs is 1. The summed E-state index contributed by atoms with van der Waals surface area (Å²) < 4.78 is 16.9. The van der Waals surface area contributed by atoms with Gasteiger partial charge in [-0.15, -0.1) is 11.3 Å². The number of nitrogens with zero attached hydrogens (tertiary/aromatic N) is 2. The summed E-state index contributed by atoms with van der Waals surface area (Å²) in [6.07, 6.45) is 2.23. The van der Waals surface area contributed by atoms with Gasteiger partial charge in [0.2, 0.25) is 5.91 Å². The van der Waals surface area contributed by atoms with Gasteiger partial charge in [0, 0.05) is 30.6 Å². The standard InChI is InChI=1S/C30H32N2O4S/c1-20-8-9-21-15-23(30(31-26(21)14-20)28-7-5-13-37-28)18-32(19-25-6-4-12-36-25)29(33)17-22-16-24(34-2)10-11-27(22)35-3/h5,7-11,13-16,25H,4,6,12,17-19H2,1-3H3/t25-/m1/s1. The smallest absolute Gasteiger partial charge is 0.227 e. The minimum absolute atomic E-state index is 0.0168. The summed E-state index contributed by atoms with van der Waals surface area (Å²) in [5, 5.41) is 3.13. The number of carbonyl (C=O) groups excluding carboxylic acids is 1. The number of benzene rings is 2. The average Bonchev–Trinajstić information content (AvgIpc) is 3.63. The van der Waals surface area contributed by atoms with Gasteiger partial charge < -0.3 is 19.1 Å².